The molecule has 0 radical (unpaired) electrons. The summed E-state index contributed by atoms with van der Waals surface area (Å²) in [6.07, 6.45) is 1.49. The summed E-state index contributed by atoms with van der Waals surface area (Å²) in [6.45, 7) is 2.31. The number of nitrogens with one attached hydrogen (secondary N) is 1. The van der Waals surface area contributed by atoms with Crippen LogP contribution in [-0.2, 0) is 4.74 Å². The molecule has 1 N–H and O–H groups in total. The van der Waals surface area contributed by atoms with Crippen LogP contribution in [0.15, 0.2) is 0 Å². The van der Waals surface area contributed by atoms with Crippen LogP contribution in [-0.4, -0.2) is 18.4 Å². The molecule has 1 rings (SSSR count). The van der Waals surface area contributed by atoms with Crippen LogP contribution in [0.25, 0.3) is 0 Å². The topological polar surface area (TPSA) is 33.1 Å². The van der Waals surface area contributed by atoms with Crippen molar-refractivity contribution in [1.29, 1.82) is 5.41 Å². The lowest BCUT2D eigenvalue weighted by Crippen LogP contribution is -2.26. The van der Waals surface area contributed by atoms with Crippen LogP contribution >= 0.6 is 12.4 Å². The molecule has 0 aliphatic heterocycles. The SMILES string of the molecule is CCOC(=N)CC1CCC(F)(F)CC1.Cl. The van der Waals surface area contributed by atoms with Crippen molar-refractivity contribution >= 4 is 18.3 Å². The Balaban J connectivity index is 0.00000196. The van der Waals surface area contributed by atoms with E-state index in [4.69, 9.17) is 10.1 Å². The molecule has 2 nitrogen and oxygen atoms in total. The largest absolute Gasteiger partial charge is 0.481 e. The Morgan fingerprint density at radius 1 is 1.40 bits per heavy atom. The molecule has 0 unspecified atom stereocenters. The predicted octanol–water partition coefficient (Wildman–Crippen LogP) is 3.64. The van der Waals surface area contributed by atoms with Gasteiger partial charge in [0, 0.05) is 19.3 Å². The molecule has 5 heteroatoms. The highest BCUT2D eigenvalue weighted by atomic mass is 35.5. The highest BCUT2D eigenvalue weighted by Gasteiger charge is 2.35. The van der Waals surface area contributed by atoms with E-state index < -0.39 is 5.92 Å². The van der Waals surface area contributed by atoms with Gasteiger partial charge in [0.1, 0.15) is 0 Å². The molecule has 1 saturated carbocycles. The molecule has 0 bridgehead atoms. The molecular formula is C10H18ClF2NO. The third-order valence-corrected chi connectivity index (χ3v) is 2.63. The van der Waals surface area contributed by atoms with Crippen molar-refractivity contribution in [1.82, 2.24) is 0 Å². The zero-order valence-electron chi connectivity index (χ0n) is 8.89. The molecule has 1 aliphatic carbocycles. The van der Waals surface area contributed by atoms with E-state index in [1.54, 1.807) is 0 Å². The highest BCUT2D eigenvalue weighted by molar-refractivity contribution is 5.85. The summed E-state index contributed by atoms with van der Waals surface area (Å²) in [5.74, 6) is -2.01. The van der Waals surface area contributed by atoms with Gasteiger partial charge in [0.15, 0.2) is 5.90 Å². The first-order valence-corrected chi connectivity index (χ1v) is 5.11. The highest BCUT2D eigenvalue weighted by Crippen LogP contribution is 2.37. The summed E-state index contributed by atoms with van der Waals surface area (Å²) < 4.78 is 30.5. The molecule has 15 heavy (non-hydrogen) atoms. The van der Waals surface area contributed by atoms with Crippen LogP contribution in [0.1, 0.15) is 39.0 Å². The lowest BCUT2D eigenvalue weighted by Gasteiger charge is -2.27. The van der Waals surface area contributed by atoms with Crippen molar-refractivity contribution in [2.24, 2.45) is 5.92 Å². The van der Waals surface area contributed by atoms with Crippen molar-refractivity contribution in [3.63, 3.8) is 0 Å². The van der Waals surface area contributed by atoms with Crippen molar-refractivity contribution in [2.45, 2.75) is 45.0 Å². The lowest BCUT2D eigenvalue weighted by molar-refractivity contribution is -0.0454. The Kier molecular flexibility index (Phi) is 6.10. The summed E-state index contributed by atoms with van der Waals surface area (Å²) in [6, 6.07) is 0. The molecule has 0 amide bonds. The Morgan fingerprint density at radius 2 is 1.93 bits per heavy atom. The van der Waals surface area contributed by atoms with Crippen LogP contribution in [0.2, 0.25) is 0 Å². The quantitative estimate of drug-likeness (QED) is 0.594. The van der Waals surface area contributed by atoms with E-state index in [9.17, 15) is 8.78 Å². The first kappa shape index (κ1) is 14.6. The summed E-state index contributed by atoms with van der Waals surface area (Å²) in [4.78, 5) is 0. The Hall–Kier alpha value is -0.380. The van der Waals surface area contributed by atoms with Crippen molar-refractivity contribution < 1.29 is 13.5 Å². The van der Waals surface area contributed by atoms with E-state index in [2.05, 4.69) is 0 Å². The number of hydrogen-bond acceptors (Lipinski definition) is 2. The molecule has 0 atom stereocenters. The van der Waals surface area contributed by atoms with Crippen LogP contribution in [0.4, 0.5) is 8.78 Å². The second-order valence-corrected chi connectivity index (χ2v) is 3.86. The Morgan fingerprint density at radius 3 is 2.40 bits per heavy atom. The molecule has 0 aromatic carbocycles. The van der Waals surface area contributed by atoms with Gasteiger partial charge in [0.05, 0.1) is 6.61 Å². The minimum Gasteiger partial charge on any atom is -0.481 e. The third-order valence-electron chi connectivity index (χ3n) is 2.63. The van der Waals surface area contributed by atoms with Gasteiger partial charge in [-0.3, -0.25) is 5.41 Å². The summed E-state index contributed by atoms with van der Waals surface area (Å²) >= 11 is 0. The van der Waals surface area contributed by atoms with Gasteiger partial charge in [0.2, 0.25) is 5.92 Å². The molecule has 0 saturated heterocycles. The number of hydrogen-bond donors (Lipinski definition) is 1. The monoisotopic (exact) mass is 241 g/mol. The molecule has 1 fully saturated rings. The minimum atomic E-state index is -2.47. The summed E-state index contributed by atoms with van der Waals surface area (Å²) in [5, 5.41) is 7.41. The van der Waals surface area contributed by atoms with Crippen molar-refractivity contribution in [3.05, 3.63) is 0 Å². The van der Waals surface area contributed by atoms with Crippen molar-refractivity contribution in [3.8, 4) is 0 Å². The number of alkyl halides is 2. The van der Waals surface area contributed by atoms with Crippen LogP contribution in [0, 0.1) is 11.3 Å². The molecule has 1 aliphatic rings. The number of ether oxygens (including phenoxy) is 1. The summed E-state index contributed by atoms with van der Waals surface area (Å²) in [7, 11) is 0. The average Bonchev–Trinajstić information content (AvgIpc) is 2.09. The first-order chi connectivity index (χ1) is 6.53. The average molecular weight is 242 g/mol. The van der Waals surface area contributed by atoms with E-state index >= 15 is 0 Å². The fourth-order valence-electron chi connectivity index (χ4n) is 1.80. The number of rotatable bonds is 3. The van der Waals surface area contributed by atoms with Gasteiger partial charge in [-0.1, -0.05) is 0 Å². The molecule has 90 valence electrons. The molecular weight excluding hydrogens is 224 g/mol. The maximum Gasteiger partial charge on any atom is 0.248 e. The second kappa shape index (κ2) is 6.26. The molecule has 0 aromatic heterocycles. The molecule has 0 aromatic rings. The fourth-order valence-corrected chi connectivity index (χ4v) is 1.80. The lowest BCUT2D eigenvalue weighted by atomic mass is 9.85. The normalized spacial score (nSPS) is 20.5. The maximum absolute atomic E-state index is 12.8. The first-order valence-electron chi connectivity index (χ1n) is 5.11. The zero-order valence-corrected chi connectivity index (χ0v) is 9.71. The maximum atomic E-state index is 12.8. The third kappa shape index (κ3) is 5.30. The van der Waals surface area contributed by atoms with Crippen LogP contribution in [0.5, 0.6) is 0 Å². The predicted molar refractivity (Wildman–Crippen MR) is 58.1 cm³/mol. The van der Waals surface area contributed by atoms with Gasteiger partial charge in [-0.2, -0.15) is 0 Å². The van der Waals surface area contributed by atoms with E-state index in [1.165, 1.54) is 0 Å². The van der Waals surface area contributed by atoms with Gasteiger partial charge in [-0.25, -0.2) is 8.78 Å². The van der Waals surface area contributed by atoms with Gasteiger partial charge < -0.3 is 4.74 Å². The van der Waals surface area contributed by atoms with E-state index in [0.717, 1.165) is 0 Å². The number of halogens is 3. The Bertz CT molecular complexity index is 202. The van der Waals surface area contributed by atoms with Gasteiger partial charge in [0.25, 0.3) is 0 Å². The zero-order chi connectivity index (χ0) is 10.6. The van der Waals surface area contributed by atoms with Gasteiger partial charge in [-0.05, 0) is 25.7 Å². The van der Waals surface area contributed by atoms with E-state index in [1.807, 2.05) is 6.92 Å². The summed E-state index contributed by atoms with van der Waals surface area (Å²) in [5.41, 5.74) is 0. The standard InChI is InChI=1S/C10H17F2NO.ClH/c1-2-14-9(13)7-8-3-5-10(11,12)6-4-8;/h8,13H,2-7H2,1H3;1H. The Labute approximate surface area is 95.3 Å². The van der Waals surface area contributed by atoms with Gasteiger partial charge >= 0.3 is 0 Å². The molecule has 0 heterocycles. The van der Waals surface area contributed by atoms with Crippen LogP contribution < -0.4 is 0 Å². The molecule has 0 spiro atoms. The van der Waals surface area contributed by atoms with E-state index in [-0.39, 0.29) is 37.1 Å². The smallest absolute Gasteiger partial charge is 0.248 e. The van der Waals surface area contributed by atoms with Crippen molar-refractivity contribution in [2.75, 3.05) is 6.61 Å². The van der Waals surface area contributed by atoms with E-state index in [0.29, 0.717) is 25.9 Å². The second-order valence-electron chi connectivity index (χ2n) is 3.86. The fraction of sp³-hybridized carbons (Fsp3) is 0.900. The van der Waals surface area contributed by atoms with Gasteiger partial charge in [-0.15, -0.1) is 12.4 Å². The van der Waals surface area contributed by atoms with Crippen LogP contribution in [0.3, 0.4) is 0 Å². The minimum absolute atomic E-state index is 0.